The van der Waals surface area contributed by atoms with Gasteiger partial charge in [0.25, 0.3) is 0 Å². The van der Waals surface area contributed by atoms with Gasteiger partial charge in [-0.1, -0.05) is 44.2 Å². The van der Waals surface area contributed by atoms with Crippen molar-refractivity contribution >= 4 is 28.4 Å². The minimum absolute atomic E-state index is 0.241. The summed E-state index contributed by atoms with van der Waals surface area (Å²) in [6.07, 6.45) is 9.01. The van der Waals surface area contributed by atoms with Crippen LogP contribution in [0.4, 0.5) is 10.5 Å². The normalized spacial score (nSPS) is 37.8. The second-order valence-corrected chi connectivity index (χ2v) is 12.8. The van der Waals surface area contributed by atoms with E-state index >= 15 is 0 Å². The Morgan fingerprint density at radius 2 is 1.72 bits per heavy atom. The predicted molar refractivity (Wildman–Crippen MR) is 145 cm³/mol. The third-order valence-corrected chi connectivity index (χ3v) is 11.5. The summed E-state index contributed by atoms with van der Waals surface area (Å²) in [7, 11) is 2.04. The van der Waals surface area contributed by atoms with Gasteiger partial charge < -0.3 is 10.6 Å². The Bertz CT molecular complexity index is 1200. The topological polar surface area (TPSA) is 66.6 Å². The van der Waals surface area contributed by atoms with E-state index in [9.17, 15) is 9.59 Å². The predicted octanol–water partition coefficient (Wildman–Crippen LogP) is 6.20. The first-order valence-electron chi connectivity index (χ1n) is 14.0. The van der Waals surface area contributed by atoms with Crippen LogP contribution < -0.4 is 10.6 Å². The Hall–Kier alpha value is -2.56. The molecule has 5 heteroatoms. The lowest BCUT2D eigenvalue weighted by molar-refractivity contribution is -0.158. The van der Waals surface area contributed by atoms with Gasteiger partial charge in [0.2, 0.25) is 5.91 Å². The molecule has 1 saturated heterocycles. The number of carbonyl (C=O) groups excluding carboxylic acids is 2. The second kappa shape index (κ2) is 8.49. The molecule has 6 rings (SSSR count). The number of hydrogen-bond acceptors (Lipinski definition) is 2. The molecule has 4 aliphatic rings. The van der Waals surface area contributed by atoms with E-state index in [1.165, 1.54) is 37.5 Å². The van der Waals surface area contributed by atoms with Crippen LogP contribution in [-0.2, 0) is 4.79 Å². The molecule has 2 N–H and O–H groups in total. The van der Waals surface area contributed by atoms with Crippen LogP contribution in [0.5, 0.6) is 0 Å². The SMILES string of the molecule is CN1C(=O)CC[C@]2(C)[C@H]3CC[C@]4(C)[C@@H](CN(C(N)=O)c5ccc6ccccc6c5)CC[C@H]4[C@@H]3CC[C@@H]12. The first-order chi connectivity index (χ1) is 17.2. The van der Waals surface area contributed by atoms with Gasteiger partial charge in [0.05, 0.1) is 0 Å². The molecular weight excluding hydrogens is 446 g/mol. The van der Waals surface area contributed by atoms with Crippen molar-refractivity contribution in [3.05, 3.63) is 42.5 Å². The minimum atomic E-state index is -0.353. The number of fused-ring (bicyclic) bond motifs is 6. The summed E-state index contributed by atoms with van der Waals surface area (Å²) in [5, 5.41) is 2.31. The van der Waals surface area contributed by atoms with Crippen molar-refractivity contribution in [2.75, 3.05) is 18.5 Å². The van der Waals surface area contributed by atoms with E-state index in [2.05, 4.69) is 43.0 Å². The molecular formula is C31H41N3O2. The Labute approximate surface area is 215 Å². The maximum Gasteiger partial charge on any atom is 0.319 e. The number of likely N-dealkylation sites (tertiary alicyclic amines) is 1. The Kier molecular flexibility index (Phi) is 5.62. The van der Waals surface area contributed by atoms with Crippen molar-refractivity contribution in [1.82, 2.24) is 4.90 Å². The molecule has 192 valence electrons. The molecule has 3 amide bonds. The van der Waals surface area contributed by atoms with Crippen molar-refractivity contribution in [2.24, 2.45) is 40.2 Å². The molecule has 1 heterocycles. The molecule has 0 spiro atoms. The molecule has 5 nitrogen and oxygen atoms in total. The molecule has 3 aliphatic carbocycles. The molecule has 3 saturated carbocycles. The second-order valence-electron chi connectivity index (χ2n) is 12.8. The lowest BCUT2D eigenvalue weighted by atomic mass is 9.47. The lowest BCUT2D eigenvalue weighted by Crippen LogP contribution is -2.61. The third kappa shape index (κ3) is 3.48. The van der Waals surface area contributed by atoms with Crippen LogP contribution in [0, 0.1) is 34.5 Å². The van der Waals surface area contributed by atoms with Crippen molar-refractivity contribution in [3.63, 3.8) is 0 Å². The summed E-state index contributed by atoms with van der Waals surface area (Å²) < 4.78 is 0. The molecule has 0 bridgehead atoms. The molecule has 7 atom stereocenters. The molecule has 0 aromatic heterocycles. The van der Waals surface area contributed by atoms with Gasteiger partial charge in [0.1, 0.15) is 0 Å². The summed E-state index contributed by atoms with van der Waals surface area (Å²) in [5.41, 5.74) is 7.37. The van der Waals surface area contributed by atoms with Gasteiger partial charge in [-0.2, -0.15) is 0 Å². The smallest absolute Gasteiger partial charge is 0.319 e. The van der Waals surface area contributed by atoms with Gasteiger partial charge in [-0.05, 0) is 102 Å². The van der Waals surface area contributed by atoms with Crippen LogP contribution in [0.2, 0.25) is 0 Å². The third-order valence-electron chi connectivity index (χ3n) is 11.5. The van der Waals surface area contributed by atoms with E-state index in [0.29, 0.717) is 42.7 Å². The Morgan fingerprint density at radius 3 is 2.50 bits per heavy atom. The zero-order valence-corrected chi connectivity index (χ0v) is 22.1. The van der Waals surface area contributed by atoms with Crippen LogP contribution in [0.1, 0.15) is 65.2 Å². The maximum absolute atomic E-state index is 12.7. The van der Waals surface area contributed by atoms with Crippen LogP contribution in [0.3, 0.4) is 0 Å². The van der Waals surface area contributed by atoms with E-state index in [-0.39, 0.29) is 16.9 Å². The highest BCUT2D eigenvalue weighted by molar-refractivity contribution is 5.94. The largest absolute Gasteiger partial charge is 0.351 e. The van der Waals surface area contributed by atoms with E-state index in [1.807, 2.05) is 30.1 Å². The highest BCUT2D eigenvalue weighted by Gasteiger charge is 2.61. The number of rotatable bonds is 3. The van der Waals surface area contributed by atoms with E-state index < -0.39 is 0 Å². The number of carbonyl (C=O) groups is 2. The molecule has 2 aromatic rings. The number of nitrogens with zero attached hydrogens (tertiary/aromatic N) is 2. The number of anilines is 1. The molecule has 4 fully saturated rings. The maximum atomic E-state index is 12.7. The highest BCUT2D eigenvalue weighted by atomic mass is 16.2. The average Bonchev–Trinajstić information content (AvgIpc) is 3.20. The molecule has 0 radical (unpaired) electrons. The number of benzene rings is 2. The van der Waals surface area contributed by atoms with Crippen molar-refractivity contribution < 1.29 is 9.59 Å². The number of piperidine rings is 1. The quantitative estimate of drug-likeness (QED) is 0.560. The van der Waals surface area contributed by atoms with Gasteiger partial charge >= 0.3 is 6.03 Å². The number of hydrogen-bond donors (Lipinski definition) is 1. The standard InChI is InChI=1S/C31H41N3O2/c1-30-16-14-26-24(11-13-27-31(26,2)17-15-28(35)33(27)3)25(30)12-9-22(30)19-34(29(32)36)23-10-8-20-6-4-5-7-21(20)18-23/h4-8,10,18,22,24-27H,9,11-17,19H2,1-3H3,(H2,32,36)/t22-,24+,25+,26+,27-,30-,31-/m1/s1. The fourth-order valence-electron chi connectivity index (χ4n) is 9.45. The molecule has 1 aliphatic heterocycles. The Balaban J connectivity index is 1.24. The van der Waals surface area contributed by atoms with Crippen LogP contribution >= 0.6 is 0 Å². The average molecular weight is 488 g/mol. The van der Waals surface area contributed by atoms with Crippen LogP contribution in [0.25, 0.3) is 10.8 Å². The monoisotopic (exact) mass is 487 g/mol. The summed E-state index contributed by atoms with van der Waals surface area (Å²) >= 11 is 0. The van der Waals surface area contributed by atoms with Gasteiger partial charge in [-0.15, -0.1) is 0 Å². The zero-order valence-electron chi connectivity index (χ0n) is 22.1. The first-order valence-corrected chi connectivity index (χ1v) is 14.0. The number of amides is 3. The summed E-state index contributed by atoms with van der Waals surface area (Å²) in [4.78, 5) is 29.1. The fraction of sp³-hybridized carbons (Fsp3) is 0.613. The van der Waals surface area contributed by atoms with Gasteiger partial charge in [0.15, 0.2) is 0 Å². The van der Waals surface area contributed by atoms with Crippen molar-refractivity contribution in [3.8, 4) is 0 Å². The van der Waals surface area contributed by atoms with Gasteiger partial charge in [0, 0.05) is 31.7 Å². The minimum Gasteiger partial charge on any atom is -0.351 e. The van der Waals surface area contributed by atoms with Gasteiger partial charge in [-0.3, -0.25) is 9.69 Å². The van der Waals surface area contributed by atoms with Crippen LogP contribution in [0.15, 0.2) is 42.5 Å². The van der Waals surface area contributed by atoms with Crippen molar-refractivity contribution in [2.45, 2.75) is 71.3 Å². The summed E-state index contributed by atoms with van der Waals surface area (Å²) in [6.45, 7) is 5.70. The van der Waals surface area contributed by atoms with E-state index in [1.54, 1.807) is 0 Å². The van der Waals surface area contributed by atoms with E-state index in [0.717, 1.165) is 29.8 Å². The van der Waals surface area contributed by atoms with Crippen LogP contribution in [-0.4, -0.2) is 36.5 Å². The summed E-state index contributed by atoms with van der Waals surface area (Å²) in [6, 6.07) is 14.6. The number of primary amides is 1. The highest BCUT2D eigenvalue weighted by Crippen LogP contribution is 2.66. The van der Waals surface area contributed by atoms with E-state index in [4.69, 9.17) is 5.73 Å². The number of nitrogens with two attached hydrogens (primary N) is 1. The number of urea groups is 1. The Morgan fingerprint density at radius 1 is 0.972 bits per heavy atom. The van der Waals surface area contributed by atoms with Crippen molar-refractivity contribution in [1.29, 1.82) is 0 Å². The summed E-state index contributed by atoms with van der Waals surface area (Å²) in [5.74, 6) is 2.94. The fourth-order valence-corrected chi connectivity index (χ4v) is 9.45. The first kappa shape index (κ1) is 23.8. The molecule has 36 heavy (non-hydrogen) atoms. The molecule has 2 aromatic carbocycles. The lowest BCUT2D eigenvalue weighted by Gasteiger charge is -2.62. The van der Waals surface area contributed by atoms with Gasteiger partial charge in [-0.25, -0.2) is 4.79 Å². The zero-order chi connectivity index (χ0) is 25.2. The molecule has 0 unspecified atom stereocenters.